The highest BCUT2D eigenvalue weighted by atomic mass is 16.4. The van der Waals surface area contributed by atoms with Gasteiger partial charge in [-0.2, -0.15) is 0 Å². The number of carboxylic acids is 1. The van der Waals surface area contributed by atoms with E-state index in [0.29, 0.717) is 12.8 Å². The number of nitrogens with two attached hydrogens (primary N) is 2. The second-order valence-corrected chi connectivity index (χ2v) is 13.7. The van der Waals surface area contributed by atoms with Gasteiger partial charge in [0.25, 0.3) is 0 Å². The molecule has 0 aromatic heterocycles. The summed E-state index contributed by atoms with van der Waals surface area (Å²) in [6, 6.07) is -8.68. The normalized spacial score (nSPS) is 20.3. The molecule has 2 fully saturated rings. The summed E-state index contributed by atoms with van der Waals surface area (Å²) in [6.07, 6.45) is 0.910. The quantitative estimate of drug-likeness (QED) is 0.0621. The minimum absolute atomic E-state index is 0.106. The molecule has 0 spiro atoms. The Labute approximate surface area is 296 Å². The monoisotopic (exact) mass is 726 g/mol. The van der Waals surface area contributed by atoms with Crippen molar-refractivity contribution in [1.29, 1.82) is 0 Å². The van der Waals surface area contributed by atoms with Gasteiger partial charge in [-0.05, 0) is 50.4 Å². The summed E-state index contributed by atoms with van der Waals surface area (Å²) in [4.78, 5) is 105. The summed E-state index contributed by atoms with van der Waals surface area (Å²) >= 11 is 0. The molecule has 11 N–H and O–H groups in total. The molecule has 0 aliphatic carbocycles. The Morgan fingerprint density at radius 3 is 1.71 bits per heavy atom. The highest BCUT2D eigenvalue weighted by Gasteiger charge is 2.42. The van der Waals surface area contributed by atoms with Crippen LogP contribution >= 0.6 is 0 Å². The molecular formula is C32H54N8O11. The SMILES string of the molecule is CC(C)C[C@H](NC(=O)[C@H](CO)NC(=O)[C@H](CCC(N)=O)NC(=O)[C@@H](N)C(C)C)C(=O)N1CCC[C@H]1C(=O)N[C@@H](CO)C(=O)N1CCC[C@H]1C(=O)O. The predicted octanol–water partition coefficient (Wildman–Crippen LogP) is -3.73. The largest absolute Gasteiger partial charge is 0.480 e. The van der Waals surface area contributed by atoms with Crippen molar-refractivity contribution in [2.75, 3.05) is 26.3 Å². The summed E-state index contributed by atoms with van der Waals surface area (Å²) < 4.78 is 0. The van der Waals surface area contributed by atoms with E-state index in [9.17, 15) is 53.7 Å². The predicted molar refractivity (Wildman–Crippen MR) is 180 cm³/mol. The van der Waals surface area contributed by atoms with Gasteiger partial charge in [-0.15, -0.1) is 0 Å². The molecule has 7 amide bonds. The number of carbonyl (C=O) groups excluding carboxylic acids is 7. The molecule has 51 heavy (non-hydrogen) atoms. The van der Waals surface area contributed by atoms with E-state index in [0.717, 1.165) is 4.90 Å². The van der Waals surface area contributed by atoms with Crippen LogP contribution < -0.4 is 32.7 Å². The Bertz CT molecular complexity index is 1300. The number of hydrogen-bond acceptors (Lipinski definition) is 11. The van der Waals surface area contributed by atoms with Gasteiger partial charge >= 0.3 is 5.97 Å². The molecule has 0 saturated carbocycles. The van der Waals surface area contributed by atoms with Crippen LogP contribution in [0, 0.1) is 11.8 Å². The third-order valence-electron chi connectivity index (χ3n) is 8.93. The summed E-state index contributed by atoms with van der Waals surface area (Å²) in [5, 5.41) is 39.2. The lowest BCUT2D eigenvalue weighted by atomic mass is 10.0. The summed E-state index contributed by atoms with van der Waals surface area (Å²) in [5.41, 5.74) is 11.1. The van der Waals surface area contributed by atoms with Crippen molar-refractivity contribution in [1.82, 2.24) is 31.1 Å². The molecule has 0 radical (unpaired) electrons. The number of carbonyl (C=O) groups is 8. The lowest BCUT2D eigenvalue weighted by Gasteiger charge is -2.32. The molecule has 288 valence electrons. The Hall–Kier alpha value is -4.36. The summed E-state index contributed by atoms with van der Waals surface area (Å²) in [6.45, 7) is 5.56. The number of nitrogens with zero attached hydrogens (tertiary/aromatic N) is 2. The lowest BCUT2D eigenvalue weighted by Crippen LogP contribution is -2.60. The van der Waals surface area contributed by atoms with Crippen LogP contribution in [0.5, 0.6) is 0 Å². The maximum atomic E-state index is 13.9. The number of carboxylic acid groups (broad SMARTS) is 1. The average molecular weight is 727 g/mol. The Morgan fingerprint density at radius 1 is 0.706 bits per heavy atom. The van der Waals surface area contributed by atoms with E-state index in [-0.39, 0.29) is 57.0 Å². The lowest BCUT2D eigenvalue weighted by molar-refractivity contribution is -0.150. The van der Waals surface area contributed by atoms with Gasteiger partial charge in [-0.3, -0.25) is 33.6 Å². The fourth-order valence-electron chi connectivity index (χ4n) is 6.00. The second-order valence-electron chi connectivity index (χ2n) is 13.7. The first-order chi connectivity index (χ1) is 23.9. The smallest absolute Gasteiger partial charge is 0.326 e. The molecule has 19 heteroatoms. The molecule has 2 rings (SSSR count). The second kappa shape index (κ2) is 19.9. The molecule has 0 aromatic rings. The maximum absolute atomic E-state index is 13.9. The fourth-order valence-corrected chi connectivity index (χ4v) is 6.00. The number of likely N-dealkylation sites (tertiary alicyclic amines) is 2. The van der Waals surface area contributed by atoms with Crippen molar-refractivity contribution < 1.29 is 53.7 Å². The Morgan fingerprint density at radius 2 is 1.20 bits per heavy atom. The Kier molecular flexibility index (Phi) is 16.7. The van der Waals surface area contributed by atoms with Crippen LogP contribution in [0.3, 0.4) is 0 Å². The first-order valence-electron chi connectivity index (χ1n) is 17.2. The summed E-state index contributed by atoms with van der Waals surface area (Å²) in [5.74, 6) is -7.02. The van der Waals surface area contributed by atoms with E-state index in [2.05, 4.69) is 21.3 Å². The van der Waals surface area contributed by atoms with Crippen molar-refractivity contribution in [2.24, 2.45) is 23.3 Å². The van der Waals surface area contributed by atoms with Gasteiger partial charge in [-0.25, -0.2) is 4.79 Å². The molecule has 2 saturated heterocycles. The first-order valence-corrected chi connectivity index (χ1v) is 17.2. The Balaban J connectivity index is 2.18. The molecule has 2 heterocycles. The number of aliphatic hydroxyl groups is 2. The zero-order valence-electron chi connectivity index (χ0n) is 29.6. The van der Waals surface area contributed by atoms with E-state index in [4.69, 9.17) is 11.5 Å². The minimum atomic E-state index is -1.58. The standard InChI is InChI=1S/C32H54N8O11/c1-16(2)13-19(36-27(45)20(14-41)37-26(44)18(9-10-24(33)43)35-29(47)25(34)17(3)4)30(48)39-11-5-7-22(39)28(46)38-21(15-42)31(49)40-12-6-8-23(40)32(50)51/h16-23,25,41-42H,5-15,34H2,1-4H3,(H2,33,43)(H,35,47)(H,36,45)(H,37,44)(H,38,46)(H,50,51)/t18-,19-,20-,21-,22-,23-,25-/m0/s1. The first kappa shape index (κ1) is 42.8. The zero-order valence-corrected chi connectivity index (χ0v) is 29.6. The number of aliphatic carboxylic acids is 1. The third-order valence-corrected chi connectivity index (χ3v) is 8.93. The van der Waals surface area contributed by atoms with E-state index in [1.165, 1.54) is 4.90 Å². The van der Waals surface area contributed by atoms with E-state index < -0.39 is 103 Å². The highest BCUT2D eigenvalue weighted by molar-refractivity contribution is 5.97. The van der Waals surface area contributed by atoms with Crippen molar-refractivity contribution >= 4 is 47.3 Å². The van der Waals surface area contributed by atoms with Crippen LogP contribution in [-0.4, -0.2) is 141 Å². The van der Waals surface area contributed by atoms with E-state index >= 15 is 0 Å². The van der Waals surface area contributed by atoms with Gasteiger partial charge < -0.3 is 57.9 Å². The van der Waals surface area contributed by atoms with Crippen molar-refractivity contribution in [2.45, 2.75) is 115 Å². The zero-order chi connectivity index (χ0) is 38.6. The van der Waals surface area contributed by atoms with Gasteiger partial charge in [0.2, 0.25) is 41.4 Å². The van der Waals surface area contributed by atoms with Crippen LogP contribution in [0.4, 0.5) is 0 Å². The van der Waals surface area contributed by atoms with Gasteiger partial charge in [-0.1, -0.05) is 27.7 Å². The van der Waals surface area contributed by atoms with Gasteiger partial charge in [0, 0.05) is 19.5 Å². The molecular weight excluding hydrogens is 672 g/mol. The highest BCUT2D eigenvalue weighted by Crippen LogP contribution is 2.22. The number of rotatable bonds is 19. The van der Waals surface area contributed by atoms with Gasteiger partial charge in [0.15, 0.2) is 0 Å². The molecule has 0 aromatic carbocycles. The van der Waals surface area contributed by atoms with Crippen molar-refractivity contribution in [3.05, 3.63) is 0 Å². The molecule has 2 aliphatic rings. The summed E-state index contributed by atoms with van der Waals surface area (Å²) in [7, 11) is 0. The topological polar surface area (TPSA) is 304 Å². The number of aliphatic hydroxyl groups excluding tert-OH is 2. The van der Waals surface area contributed by atoms with Crippen molar-refractivity contribution in [3.8, 4) is 0 Å². The minimum Gasteiger partial charge on any atom is -0.480 e. The van der Waals surface area contributed by atoms with Crippen LogP contribution in [0.1, 0.15) is 72.6 Å². The van der Waals surface area contributed by atoms with Crippen molar-refractivity contribution in [3.63, 3.8) is 0 Å². The number of primary amides is 1. The molecule has 0 unspecified atom stereocenters. The van der Waals surface area contributed by atoms with E-state index in [1.54, 1.807) is 27.7 Å². The van der Waals surface area contributed by atoms with Gasteiger partial charge in [0.05, 0.1) is 19.3 Å². The average Bonchev–Trinajstić information content (AvgIpc) is 3.77. The van der Waals surface area contributed by atoms with Crippen LogP contribution in [0.25, 0.3) is 0 Å². The molecule has 2 aliphatic heterocycles. The molecule has 7 atom stereocenters. The van der Waals surface area contributed by atoms with E-state index in [1.807, 2.05) is 0 Å². The molecule has 0 bridgehead atoms. The number of nitrogens with one attached hydrogen (secondary N) is 4. The fraction of sp³-hybridized carbons (Fsp3) is 0.750. The number of amides is 7. The van der Waals surface area contributed by atoms with Crippen LogP contribution in [0.15, 0.2) is 0 Å². The maximum Gasteiger partial charge on any atom is 0.326 e. The van der Waals surface area contributed by atoms with Crippen LogP contribution in [0.2, 0.25) is 0 Å². The third kappa shape index (κ3) is 12.1. The number of hydrogen-bond donors (Lipinski definition) is 9. The van der Waals surface area contributed by atoms with Gasteiger partial charge in [0.1, 0.15) is 36.3 Å². The molecule has 19 nitrogen and oxygen atoms in total. The van der Waals surface area contributed by atoms with Crippen LogP contribution in [-0.2, 0) is 38.4 Å².